The summed E-state index contributed by atoms with van der Waals surface area (Å²) in [6.45, 7) is 3.28. The summed E-state index contributed by atoms with van der Waals surface area (Å²) in [5.74, 6) is 0.657. The van der Waals surface area contributed by atoms with Crippen molar-refractivity contribution in [2.45, 2.75) is 26.0 Å². The molecule has 2 aliphatic rings. The van der Waals surface area contributed by atoms with Crippen LogP contribution in [0.3, 0.4) is 0 Å². The monoisotopic (exact) mass is 399 g/mol. The van der Waals surface area contributed by atoms with E-state index < -0.39 is 7.12 Å². The normalized spacial score (nSPS) is 21.1. The Hall–Kier alpha value is -2.38. The lowest BCUT2D eigenvalue weighted by Crippen LogP contribution is -2.38. The zero-order valence-corrected chi connectivity index (χ0v) is 16.0. The van der Waals surface area contributed by atoms with Crippen LogP contribution in [-0.2, 0) is 16.0 Å². The summed E-state index contributed by atoms with van der Waals surface area (Å²) in [6.07, 6.45) is 2.18. The molecular formula is C18H19BClN5O3. The van der Waals surface area contributed by atoms with Crippen LogP contribution in [0, 0.1) is 24.2 Å². The average Bonchev–Trinajstić information content (AvgIpc) is 3.06. The lowest BCUT2D eigenvalue weighted by Gasteiger charge is -2.28. The quantitative estimate of drug-likeness (QED) is 0.667. The Bertz CT molecular complexity index is 938. The minimum Gasteiger partial charge on any atom is -0.423 e. The number of aryl methyl sites for hydroxylation is 1. The van der Waals surface area contributed by atoms with Crippen molar-refractivity contribution in [2.75, 3.05) is 23.8 Å². The Balaban J connectivity index is 1.55. The summed E-state index contributed by atoms with van der Waals surface area (Å²) in [7, 11) is -0.877. The molecule has 0 saturated carbocycles. The maximum Gasteiger partial charge on any atom is 0.492 e. The van der Waals surface area contributed by atoms with Crippen molar-refractivity contribution >= 4 is 41.6 Å². The largest absolute Gasteiger partial charge is 0.492 e. The fourth-order valence-electron chi connectivity index (χ4n) is 3.54. The number of ether oxygens (including phenoxy) is 1. The second-order valence-electron chi connectivity index (χ2n) is 6.89. The van der Waals surface area contributed by atoms with Crippen LogP contribution in [0.1, 0.15) is 17.5 Å². The van der Waals surface area contributed by atoms with E-state index in [2.05, 4.69) is 26.7 Å². The molecule has 0 amide bonds. The number of rotatable bonds is 4. The minimum atomic E-state index is -0.877. The topological polar surface area (TPSA) is 112 Å². The van der Waals surface area contributed by atoms with Gasteiger partial charge in [-0.15, -0.1) is 0 Å². The van der Waals surface area contributed by atoms with Crippen LogP contribution >= 0.6 is 11.6 Å². The van der Waals surface area contributed by atoms with Crippen molar-refractivity contribution in [1.82, 2.24) is 9.97 Å². The van der Waals surface area contributed by atoms with E-state index in [0.29, 0.717) is 43.0 Å². The van der Waals surface area contributed by atoms with E-state index >= 15 is 0 Å². The van der Waals surface area contributed by atoms with Crippen molar-refractivity contribution in [1.29, 1.82) is 5.26 Å². The summed E-state index contributed by atoms with van der Waals surface area (Å²) >= 11 is 6.24. The number of nitrogens with one attached hydrogen (secondary N) is 2. The predicted molar refractivity (Wildman–Crippen MR) is 106 cm³/mol. The number of hydrogen-bond donors (Lipinski definition) is 3. The molecule has 0 bridgehead atoms. The molecule has 8 nitrogen and oxygen atoms in total. The van der Waals surface area contributed by atoms with Crippen LogP contribution in [0.15, 0.2) is 18.3 Å². The Kier molecular flexibility index (Phi) is 5.37. The number of fused-ring (bicyclic) bond motifs is 1. The molecule has 0 aliphatic carbocycles. The molecule has 1 fully saturated rings. The highest BCUT2D eigenvalue weighted by molar-refractivity contribution is 6.62. The van der Waals surface area contributed by atoms with E-state index in [4.69, 9.17) is 21.0 Å². The molecule has 28 heavy (non-hydrogen) atoms. The lowest BCUT2D eigenvalue weighted by molar-refractivity contribution is 0.0698. The summed E-state index contributed by atoms with van der Waals surface area (Å²) in [5.41, 5.74) is 3.45. The summed E-state index contributed by atoms with van der Waals surface area (Å²) < 4.78 is 10.7. The number of nitriles is 1. The van der Waals surface area contributed by atoms with Crippen LogP contribution in [0.2, 0.25) is 5.02 Å². The van der Waals surface area contributed by atoms with E-state index in [-0.39, 0.29) is 12.0 Å². The van der Waals surface area contributed by atoms with E-state index in [9.17, 15) is 10.3 Å². The van der Waals surface area contributed by atoms with Gasteiger partial charge in [-0.05, 0) is 42.1 Å². The highest BCUT2D eigenvalue weighted by atomic mass is 35.5. The van der Waals surface area contributed by atoms with Gasteiger partial charge in [0.05, 0.1) is 37.4 Å². The zero-order chi connectivity index (χ0) is 19.7. The standard InChI is InChI=1S/C18H19BClN5O3/c1-10-4-13(5-12-8-28-19(26)16(10)12)23-18-22-7-14(20)17(25-18)24-15-9-27-3-2-11(15)6-21/h4-5,7,11,15,26H,2-3,8-9H2,1H3,(H2,22,23,24,25). The SMILES string of the molecule is Cc1cc(Nc2ncc(Cl)c(NC3COCCC3C#N)n2)cc2c1B(O)OC2. The highest BCUT2D eigenvalue weighted by Crippen LogP contribution is 2.26. The van der Waals surface area contributed by atoms with E-state index in [1.165, 1.54) is 6.20 Å². The number of nitrogens with zero attached hydrogens (tertiary/aromatic N) is 3. The van der Waals surface area contributed by atoms with E-state index in [1.807, 2.05) is 19.1 Å². The number of aromatic nitrogens is 2. The number of halogens is 1. The summed E-state index contributed by atoms with van der Waals surface area (Å²) in [4.78, 5) is 8.69. The molecule has 2 aromatic rings. The zero-order valence-electron chi connectivity index (χ0n) is 15.3. The molecule has 2 atom stereocenters. The van der Waals surface area contributed by atoms with Crippen LogP contribution in [-0.4, -0.2) is 41.4 Å². The molecule has 2 unspecified atom stereocenters. The van der Waals surface area contributed by atoms with Gasteiger partial charge in [0.2, 0.25) is 5.95 Å². The van der Waals surface area contributed by atoms with Gasteiger partial charge < -0.3 is 25.0 Å². The molecule has 10 heteroatoms. The second kappa shape index (κ2) is 7.93. The first-order chi connectivity index (χ1) is 13.5. The minimum absolute atomic E-state index is 0.165. The summed E-state index contributed by atoms with van der Waals surface area (Å²) in [6, 6.07) is 5.94. The molecule has 4 rings (SSSR count). The molecular weight excluding hydrogens is 380 g/mol. The second-order valence-corrected chi connectivity index (χ2v) is 7.30. The van der Waals surface area contributed by atoms with Gasteiger partial charge in [-0.2, -0.15) is 10.2 Å². The van der Waals surface area contributed by atoms with Gasteiger partial charge in [-0.3, -0.25) is 0 Å². The molecule has 2 aliphatic heterocycles. The lowest BCUT2D eigenvalue weighted by atomic mass is 9.76. The van der Waals surface area contributed by atoms with Crippen LogP contribution < -0.4 is 16.1 Å². The molecule has 3 heterocycles. The molecule has 144 valence electrons. The van der Waals surface area contributed by atoms with Crippen molar-refractivity contribution in [3.8, 4) is 6.07 Å². The van der Waals surface area contributed by atoms with Gasteiger partial charge in [0.15, 0.2) is 5.82 Å². The third-order valence-corrected chi connectivity index (χ3v) is 5.24. The third kappa shape index (κ3) is 3.77. The van der Waals surface area contributed by atoms with Gasteiger partial charge in [0, 0.05) is 12.3 Å². The van der Waals surface area contributed by atoms with Crippen LogP contribution in [0.4, 0.5) is 17.5 Å². The molecule has 1 aromatic carbocycles. The third-order valence-electron chi connectivity index (χ3n) is 4.96. The number of benzene rings is 1. The highest BCUT2D eigenvalue weighted by Gasteiger charge is 2.30. The van der Waals surface area contributed by atoms with Gasteiger partial charge in [0.25, 0.3) is 0 Å². The molecule has 0 radical (unpaired) electrons. The maximum absolute atomic E-state index is 9.88. The van der Waals surface area contributed by atoms with Gasteiger partial charge in [0.1, 0.15) is 5.02 Å². The van der Waals surface area contributed by atoms with E-state index in [1.54, 1.807) is 0 Å². The molecule has 0 spiro atoms. The first-order valence-corrected chi connectivity index (χ1v) is 9.39. The Labute approximate surface area is 168 Å². The Morgan fingerprint density at radius 2 is 2.29 bits per heavy atom. The number of hydrogen-bond acceptors (Lipinski definition) is 8. The fraction of sp³-hybridized carbons (Fsp3) is 0.389. The van der Waals surface area contributed by atoms with Crippen molar-refractivity contribution in [3.63, 3.8) is 0 Å². The molecule has 1 aromatic heterocycles. The van der Waals surface area contributed by atoms with Crippen LogP contribution in [0.25, 0.3) is 0 Å². The number of anilines is 3. The van der Waals surface area contributed by atoms with Crippen molar-refractivity contribution in [3.05, 3.63) is 34.5 Å². The van der Waals surface area contributed by atoms with Gasteiger partial charge >= 0.3 is 7.12 Å². The maximum atomic E-state index is 9.88. The average molecular weight is 400 g/mol. The smallest absolute Gasteiger partial charge is 0.423 e. The van der Waals surface area contributed by atoms with Gasteiger partial charge in [-0.25, -0.2) is 4.98 Å². The van der Waals surface area contributed by atoms with Crippen molar-refractivity contribution in [2.24, 2.45) is 5.92 Å². The molecule has 1 saturated heterocycles. The van der Waals surface area contributed by atoms with Gasteiger partial charge in [-0.1, -0.05) is 11.6 Å². The van der Waals surface area contributed by atoms with E-state index in [0.717, 1.165) is 22.3 Å². The summed E-state index contributed by atoms with van der Waals surface area (Å²) in [5, 5.41) is 26.0. The first kappa shape index (κ1) is 19.0. The predicted octanol–water partition coefficient (Wildman–Crippen LogP) is 1.74. The molecule has 3 N–H and O–H groups in total. The Morgan fingerprint density at radius 3 is 3.11 bits per heavy atom. The Morgan fingerprint density at radius 1 is 1.43 bits per heavy atom. The first-order valence-electron chi connectivity index (χ1n) is 9.01. The van der Waals surface area contributed by atoms with Crippen molar-refractivity contribution < 1.29 is 14.4 Å². The fourth-order valence-corrected chi connectivity index (χ4v) is 3.68. The van der Waals surface area contributed by atoms with Crippen LogP contribution in [0.5, 0.6) is 0 Å².